The molecule has 7 heteroatoms. The van der Waals surface area contributed by atoms with Crippen LogP contribution < -0.4 is 10.1 Å². The molecular weight excluding hydrogens is 297 g/mol. The van der Waals surface area contributed by atoms with Gasteiger partial charge in [0.05, 0.1) is 18.1 Å². The van der Waals surface area contributed by atoms with Gasteiger partial charge in [0.2, 0.25) is 5.91 Å². The van der Waals surface area contributed by atoms with E-state index in [2.05, 4.69) is 10.3 Å². The predicted molar refractivity (Wildman–Crippen MR) is 79.4 cm³/mol. The third kappa shape index (κ3) is 3.26. The number of likely N-dealkylation sites (N-methyl/N-ethyl adjacent to an activating group) is 1. The third-order valence-corrected chi connectivity index (χ3v) is 3.28. The number of ether oxygens (including phenoxy) is 1. The molecule has 1 heterocycles. The van der Waals surface area contributed by atoms with E-state index in [-0.39, 0.29) is 18.2 Å². The molecule has 2 rings (SSSR count). The smallest absolute Gasteiger partial charge is 0.239 e. The predicted octanol–water partition coefficient (Wildman–Crippen LogP) is 2.10. The first-order valence-corrected chi connectivity index (χ1v) is 7.19. The number of fused-ring (bicyclic) bond motifs is 1. The van der Waals surface area contributed by atoms with E-state index in [4.69, 9.17) is 16.3 Å². The minimum atomic E-state index is -0.481. The van der Waals surface area contributed by atoms with Gasteiger partial charge in [0.25, 0.3) is 0 Å². The van der Waals surface area contributed by atoms with Crippen molar-refractivity contribution in [3.05, 3.63) is 23.8 Å². The topological polar surface area (TPSA) is 56.2 Å². The number of methoxy groups -OCH3 is 1. The fraction of sp³-hybridized carbons (Fsp3) is 0.429. The number of amides is 1. The maximum Gasteiger partial charge on any atom is 0.239 e. The summed E-state index contributed by atoms with van der Waals surface area (Å²) in [5.74, 6) is 0.537. The molecule has 5 nitrogen and oxygen atoms in total. The Morgan fingerprint density at radius 1 is 1.52 bits per heavy atom. The zero-order valence-electron chi connectivity index (χ0n) is 11.9. The van der Waals surface area contributed by atoms with E-state index < -0.39 is 5.82 Å². The number of rotatable bonds is 6. The van der Waals surface area contributed by atoms with E-state index in [0.717, 1.165) is 0 Å². The van der Waals surface area contributed by atoms with Gasteiger partial charge in [0.15, 0.2) is 11.6 Å². The van der Waals surface area contributed by atoms with E-state index in [1.807, 2.05) is 6.92 Å². The van der Waals surface area contributed by atoms with Crippen molar-refractivity contribution < 1.29 is 13.9 Å². The van der Waals surface area contributed by atoms with Gasteiger partial charge in [-0.1, -0.05) is 0 Å². The summed E-state index contributed by atoms with van der Waals surface area (Å²) in [6.45, 7) is 2.52. The summed E-state index contributed by atoms with van der Waals surface area (Å²) in [7, 11) is 1.40. The molecule has 114 valence electrons. The van der Waals surface area contributed by atoms with Crippen LogP contribution in [0.15, 0.2) is 12.1 Å². The zero-order chi connectivity index (χ0) is 15.4. The van der Waals surface area contributed by atoms with Crippen molar-refractivity contribution in [1.82, 2.24) is 14.9 Å². The summed E-state index contributed by atoms with van der Waals surface area (Å²) in [5.41, 5.74) is 1.14. The fourth-order valence-corrected chi connectivity index (χ4v) is 2.35. The molecule has 0 saturated carbocycles. The third-order valence-electron chi connectivity index (χ3n) is 3.09. The first-order chi connectivity index (χ1) is 10.1. The van der Waals surface area contributed by atoms with Crippen molar-refractivity contribution in [2.75, 3.05) is 19.5 Å². The highest BCUT2D eigenvalue weighted by atomic mass is 35.5. The zero-order valence-corrected chi connectivity index (χ0v) is 12.7. The number of halogens is 2. The second kappa shape index (κ2) is 6.76. The number of aromatic nitrogens is 2. The van der Waals surface area contributed by atoms with Crippen LogP contribution in [0.2, 0.25) is 0 Å². The molecule has 1 aromatic carbocycles. The second-order valence-corrected chi connectivity index (χ2v) is 4.86. The molecule has 0 radical (unpaired) electrons. The molecule has 0 fully saturated rings. The van der Waals surface area contributed by atoms with E-state index >= 15 is 0 Å². The van der Waals surface area contributed by atoms with Crippen LogP contribution in [0.1, 0.15) is 12.7 Å². The van der Waals surface area contributed by atoms with Gasteiger partial charge in [-0.25, -0.2) is 9.37 Å². The number of benzene rings is 1. The molecule has 0 aliphatic carbocycles. The molecule has 0 aliphatic rings. The molecule has 0 spiro atoms. The average molecular weight is 314 g/mol. The highest BCUT2D eigenvalue weighted by Crippen LogP contribution is 2.25. The number of imidazole rings is 1. The van der Waals surface area contributed by atoms with Gasteiger partial charge in [0, 0.05) is 31.0 Å². The maximum atomic E-state index is 13.8. The van der Waals surface area contributed by atoms with Crippen LogP contribution in [-0.4, -0.2) is 35.0 Å². The van der Waals surface area contributed by atoms with E-state index in [1.165, 1.54) is 13.2 Å². The van der Waals surface area contributed by atoms with E-state index in [0.29, 0.717) is 35.7 Å². The van der Waals surface area contributed by atoms with Gasteiger partial charge in [-0.05, 0) is 6.92 Å². The summed E-state index contributed by atoms with van der Waals surface area (Å²) in [6, 6.07) is 2.86. The minimum absolute atomic E-state index is 0.116. The SMILES string of the molecule is CCNC(=O)Cn1c(CCCl)nc2cc(F)c(OC)cc21. The van der Waals surface area contributed by atoms with Crippen molar-refractivity contribution in [2.24, 2.45) is 0 Å². The summed E-state index contributed by atoms with van der Waals surface area (Å²) in [4.78, 5) is 16.2. The highest BCUT2D eigenvalue weighted by molar-refractivity contribution is 6.17. The standard InChI is InChI=1S/C14H17ClFN3O2/c1-3-17-14(20)8-19-11-7-12(21-2)9(16)6-10(11)18-13(19)4-5-15/h6-7H,3-5,8H2,1-2H3,(H,17,20). The lowest BCUT2D eigenvalue weighted by atomic mass is 10.3. The quantitative estimate of drug-likeness (QED) is 0.831. The monoisotopic (exact) mass is 313 g/mol. The van der Waals surface area contributed by atoms with Crippen LogP contribution in [0.25, 0.3) is 11.0 Å². The number of carbonyl (C=O) groups is 1. The molecule has 0 saturated heterocycles. The lowest BCUT2D eigenvalue weighted by Gasteiger charge is -2.09. The normalized spacial score (nSPS) is 10.9. The molecule has 2 aromatic rings. The first-order valence-electron chi connectivity index (χ1n) is 6.66. The number of alkyl halides is 1. The van der Waals surface area contributed by atoms with Crippen molar-refractivity contribution in [3.63, 3.8) is 0 Å². The number of aryl methyl sites for hydroxylation is 1. The number of nitrogens with zero attached hydrogens (tertiary/aromatic N) is 2. The maximum absolute atomic E-state index is 13.8. The van der Waals surface area contributed by atoms with Crippen molar-refractivity contribution in [1.29, 1.82) is 0 Å². The van der Waals surface area contributed by atoms with Crippen molar-refractivity contribution >= 4 is 28.5 Å². The Morgan fingerprint density at radius 2 is 2.29 bits per heavy atom. The minimum Gasteiger partial charge on any atom is -0.494 e. The van der Waals surface area contributed by atoms with Crippen LogP contribution in [0, 0.1) is 5.82 Å². The lowest BCUT2D eigenvalue weighted by Crippen LogP contribution is -2.27. The first kappa shape index (κ1) is 15.6. The molecule has 0 unspecified atom stereocenters. The number of nitrogens with one attached hydrogen (secondary N) is 1. The van der Waals surface area contributed by atoms with Crippen LogP contribution in [-0.2, 0) is 17.8 Å². The molecule has 0 bridgehead atoms. The van der Waals surface area contributed by atoms with Gasteiger partial charge in [-0.2, -0.15) is 0 Å². The average Bonchev–Trinajstić information content (AvgIpc) is 2.75. The Kier molecular flexibility index (Phi) is 5.01. The molecular formula is C14H17ClFN3O2. The Bertz CT molecular complexity index is 657. The molecule has 1 N–H and O–H groups in total. The molecule has 1 amide bonds. The summed E-state index contributed by atoms with van der Waals surface area (Å²) < 4.78 is 20.5. The van der Waals surface area contributed by atoms with E-state index in [9.17, 15) is 9.18 Å². The van der Waals surface area contributed by atoms with Gasteiger partial charge < -0.3 is 14.6 Å². The summed E-state index contributed by atoms with van der Waals surface area (Å²) in [6.07, 6.45) is 0.500. The van der Waals surface area contributed by atoms with Crippen LogP contribution >= 0.6 is 11.6 Å². The largest absolute Gasteiger partial charge is 0.494 e. The Hall–Kier alpha value is -1.82. The summed E-state index contributed by atoms with van der Waals surface area (Å²) >= 11 is 5.77. The van der Waals surface area contributed by atoms with Crippen LogP contribution in [0.4, 0.5) is 4.39 Å². The Balaban J connectivity index is 2.52. The van der Waals surface area contributed by atoms with E-state index in [1.54, 1.807) is 10.6 Å². The molecule has 0 aliphatic heterocycles. The number of carbonyl (C=O) groups excluding carboxylic acids is 1. The molecule has 21 heavy (non-hydrogen) atoms. The second-order valence-electron chi connectivity index (χ2n) is 4.48. The highest BCUT2D eigenvalue weighted by Gasteiger charge is 2.16. The summed E-state index contributed by atoms with van der Waals surface area (Å²) in [5, 5.41) is 2.73. The van der Waals surface area contributed by atoms with Crippen molar-refractivity contribution in [3.8, 4) is 5.75 Å². The van der Waals surface area contributed by atoms with Crippen LogP contribution in [0.5, 0.6) is 5.75 Å². The van der Waals surface area contributed by atoms with Gasteiger partial charge in [-0.3, -0.25) is 4.79 Å². The Labute approximate surface area is 127 Å². The number of hydrogen-bond acceptors (Lipinski definition) is 3. The Morgan fingerprint density at radius 3 is 2.90 bits per heavy atom. The van der Waals surface area contributed by atoms with Crippen molar-refractivity contribution in [2.45, 2.75) is 19.9 Å². The fourth-order valence-electron chi connectivity index (χ4n) is 2.18. The molecule has 1 aromatic heterocycles. The van der Waals surface area contributed by atoms with Gasteiger partial charge in [-0.15, -0.1) is 11.6 Å². The van der Waals surface area contributed by atoms with Gasteiger partial charge in [0.1, 0.15) is 12.4 Å². The van der Waals surface area contributed by atoms with Gasteiger partial charge >= 0.3 is 0 Å². The van der Waals surface area contributed by atoms with Crippen LogP contribution in [0.3, 0.4) is 0 Å². The number of hydrogen-bond donors (Lipinski definition) is 1. The lowest BCUT2D eigenvalue weighted by molar-refractivity contribution is -0.121. The molecule has 0 atom stereocenters.